The van der Waals surface area contributed by atoms with Crippen LogP contribution in [0.3, 0.4) is 0 Å². The second-order valence-corrected chi connectivity index (χ2v) is 4.72. The molecule has 0 aliphatic heterocycles. The van der Waals surface area contributed by atoms with Crippen LogP contribution in [-0.4, -0.2) is 12.6 Å². The van der Waals surface area contributed by atoms with Crippen LogP contribution in [0, 0.1) is 11.6 Å². The molecule has 0 aliphatic rings. The van der Waals surface area contributed by atoms with E-state index in [9.17, 15) is 8.78 Å². The van der Waals surface area contributed by atoms with E-state index in [1.54, 1.807) is 12.1 Å². The number of hydrogen-bond donors (Lipinski definition) is 1. The van der Waals surface area contributed by atoms with Crippen LogP contribution in [0.1, 0.15) is 32.8 Å². The van der Waals surface area contributed by atoms with Crippen LogP contribution >= 0.6 is 0 Å². The lowest BCUT2D eigenvalue weighted by Gasteiger charge is -2.16. The Bertz CT molecular complexity index is 409. The molecule has 1 N–H and O–H groups in total. The summed E-state index contributed by atoms with van der Waals surface area (Å²) in [4.78, 5) is 0. The van der Waals surface area contributed by atoms with Gasteiger partial charge in [-0.3, -0.25) is 0 Å². The Hall–Kier alpha value is -1.22. The molecular weight excluding hydrogens is 232 g/mol. The van der Waals surface area contributed by atoms with Gasteiger partial charge in [-0.1, -0.05) is 30.7 Å². The third kappa shape index (κ3) is 4.57. The maximum Gasteiger partial charge on any atom is 0.162 e. The first-order chi connectivity index (χ1) is 8.54. The minimum absolute atomic E-state index is 0.0475. The highest BCUT2D eigenvalue weighted by Crippen LogP contribution is 2.14. The lowest BCUT2D eigenvalue weighted by atomic mass is 10.0. The van der Waals surface area contributed by atoms with E-state index >= 15 is 0 Å². The van der Waals surface area contributed by atoms with Gasteiger partial charge < -0.3 is 5.32 Å². The van der Waals surface area contributed by atoms with Crippen LogP contribution in [-0.2, 0) is 6.42 Å². The van der Waals surface area contributed by atoms with E-state index in [-0.39, 0.29) is 6.04 Å². The Balaban J connectivity index is 2.82. The molecule has 1 rings (SSSR count). The summed E-state index contributed by atoms with van der Waals surface area (Å²) in [5.74, 6) is -1.51. The van der Waals surface area contributed by atoms with Crippen molar-refractivity contribution in [3.05, 3.63) is 47.0 Å². The molecule has 1 aromatic rings. The van der Waals surface area contributed by atoms with Crippen molar-refractivity contribution in [3.8, 4) is 0 Å². The van der Waals surface area contributed by atoms with E-state index in [1.165, 1.54) is 5.57 Å². The molecule has 18 heavy (non-hydrogen) atoms. The van der Waals surface area contributed by atoms with Crippen LogP contribution in [0.25, 0.3) is 0 Å². The van der Waals surface area contributed by atoms with Gasteiger partial charge in [-0.2, -0.15) is 0 Å². The maximum atomic E-state index is 13.6. The first kappa shape index (κ1) is 14.8. The number of benzene rings is 1. The van der Waals surface area contributed by atoms with Crippen LogP contribution in [0.5, 0.6) is 0 Å². The van der Waals surface area contributed by atoms with Gasteiger partial charge in [0.05, 0.1) is 0 Å². The van der Waals surface area contributed by atoms with Crippen molar-refractivity contribution in [1.29, 1.82) is 0 Å². The molecule has 0 saturated carbocycles. The van der Waals surface area contributed by atoms with E-state index in [4.69, 9.17) is 0 Å². The van der Waals surface area contributed by atoms with E-state index in [0.717, 1.165) is 19.0 Å². The molecule has 100 valence electrons. The fraction of sp³-hybridized carbons (Fsp3) is 0.467. The lowest BCUT2D eigenvalue weighted by Crippen LogP contribution is -2.30. The van der Waals surface area contributed by atoms with Crippen LogP contribution < -0.4 is 5.32 Å². The molecule has 0 saturated heterocycles. The summed E-state index contributed by atoms with van der Waals surface area (Å²) in [5.41, 5.74) is 1.58. The highest BCUT2D eigenvalue weighted by Gasteiger charge is 2.12. The molecule has 0 aromatic heterocycles. The van der Waals surface area contributed by atoms with E-state index in [0.29, 0.717) is 12.0 Å². The van der Waals surface area contributed by atoms with Gasteiger partial charge in [0.15, 0.2) is 11.6 Å². The molecule has 0 amide bonds. The van der Waals surface area contributed by atoms with E-state index < -0.39 is 11.6 Å². The van der Waals surface area contributed by atoms with Crippen molar-refractivity contribution in [1.82, 2.24) is 5.32 Å². The van der Waals surface area contributed by atoms with Crippen molar-refractivity contribution >= 4 is 0 Å². The normalized spacial score (nSPS) is 12.3. The summed E-state index contributed by atoms with van der Waals surface area (Å²) < 4.78 is 26.7. The molecular formula is C15H21F2N. The van der Waals surface area contributed by atoms with Crippen molar-refractivity contribution in [3.63, 3.8) is 0 Å². The van der Waals surface area contributed by atoms with Gasteiger partial charge in [0.25, 0.3) is 0 Å². The summed E-state index contributed by atoms with van der Waals surface area (Å²) in [7, 11) is 0. The predicted octanol–water partition coefficient (Wildman–Crippen LogP) is 3.84. The van der Waals surface area contributed by atoms with Crippen molar-refractivity contribution < 1.29 is 8.78 Å². The zero-order valence-corrected chi connectivity index (χ0v) is 11.3. The number of rotatable bonds is 6. The number of halogens is 2. The monoisotopic (exact) mass is 253 g/mol. The quantitative estimate of drug-likeness (QED) is 0.759. The Morgan fingerprint density at radius 1 is 1.33 bits per heavy atom. The second kappa shape index (κ2) is 7.27. The van der Waals surface area contributed by atoms with Gasteiger partial charge >= 0.3 is 0 Å². The Labute approximate surface area is 108 Å². The minimum Gasteiger partial charge on any atom is -0.310 e. The standard InChI is InChI=1S/C15H21F2N/c1-4-8-18-13(9-11(2)3)10-12-6-5-7-14(16)15(12)17/h5-7,9,13,18H,4,8,10H2,1-3H3. The summed E-state index contributed by atoms with van der Waals surface area (Å²) in [6, 6.07) is 4.38. The van der Waals surface area contributed by atoms with Crippen molar-refractivity contribution in [2.75, 3.05) is 6.54 Å². The molecule has 0 radical (unpaired) electrons. The fourth-order valence-corrected chi connectivity index (χ4v) is 1.87. The average molecular weight is 253 g/mol. The predicted molar refractivity (Wildman–Crippen MR) is 71.6 cm³/mol. The molecule has 0 spiro atoms. The van der Waals surface area contributed by atoms with Crippen molar-refractivity contribution in [2.45, 2.75) is 39.7 Å². The zero-order valence-electron chi connectivity index (χ0n) is 11.3. The van der Waals surface area contributed by atoms with Gasteiger partial charge in [0.2, 0.25) is 0 Å². The van der Waals surface area contributed by atoms with Gasteiger partial charge in [0.1, 0.15) is 0 Å². The average Bonchev–Trinajstić information content (AvgIpc) is 2.31. The van der Waals surface area contributed by atoms with Crippen LogP contribution in [0.2, 0.25) is 0 Å². The second-order valence-electron chi connectivity index (χ2n) is 4.72. The van der Waals surface area contributed by atoms with Gasteiger partial charge in [-0.25, -0.2) is 8.78 Å². The van der Waals surface area contributed by atoms with Gasteiger partial charge in [-0.15, -0.1) is 0 Å². The summed E-state index contributed by atoms with van der Waals surface area (Å²) >= 11 is 0. The summed E-state index contributed by atoms with van der Waals surface area (Å²) in [5, 5.41) is 3.33. The lowest BCUT2D eigenvalue weighted by molar-refractivity contribution is 0.489. The molecule has 1 nitrogen and oxygen atoms in total. The van der Waals surface area contributed by atoms with E-state index in [2.05, 4.69) is 18.3 Å². The maximum absolute atomic E-state index is 13.6. The first-order valence-electron chi connectivity index (χ1n) is 6.36. The SMILES string of the molecule is CCCNC(C=C(C)C)Cc1cccc(F)c1F. The Morgan fingerprint density at radius 3 is 2.67 bits per heavy atom. The smallest absolute Gasteiger partial charge is 0.162 e. The highest BCUT2D eigenvalue weighted by molar-refractivity contribution is 5.21. The summed E-state index contributed by atoms with van der Waals surface area (Å²) in [6.45, 7) is 6.95. The fourth-order valence-electron chi connectivity index (χ4n) is 1.87. The van der Waals surface area contributed by atoms with Gasteiger partial charge in [-0.05, 0) is 44.9 Å². The Morgan fingerprint density at radius 2 is 2.06 bits per heavy atom. The van der Waals surface area contributed by atoms with Crippen molar-refractivity contribution in [2.24, 2.45) is 0 Å². The number of nitrogens with one attached hydrogen (secondary N) is 1. The topological polar surface area (TPSA) is 12.0 Å². The molecule has 3 heteroatoms. The molecule has 0 aliphatic carbocycles. The molecule has 0 fully saturated rings. The number of allylic oxidation sites excluding steroid dienone is 1. The highest BCUT2D eigenvalue weighted by atomic mass is 19.2. The zero-order chi connectivity index (χ0) is 13.5. The first-order valence-corrected chi connectivity index (χ1v) is 6.36. The third-order valence-corrected chi connectivity index (χ3v) is 2.66. The molecule has 1 atom stereocenters. The largest absolute Gasteiger partial charge is 0.310 e. The minimum atomic E-state index is -0.779. The molecule has 0 bridgehead atoms. The number of hydrogen-bond acceptors (Lipinski definition) is 1. The molecule has 1 unspecified atom stereocenters. The third-order valence-electron chi connectivity index (χ3n) is 2.66. The molecule has 0 heterocycles. The Kier molecular flexibility index (Phi) is 5.99. The van der Waals surface area contributed by atoms with Crippen LogP contribution in [0.15, 0.2) is 29.8 Å². The molecule has 1 aromatic carbocycles. The summed E-state index contributed by atoms with van der Waals surface area (Å²) in [6.07, 6.45) is 3.54. The van der Waals surface area contributed by atoms with Gasteiger partial charge in [0, 0.05) is 6.04 Å². The van der Waals surface area contributed by atoms with E-state index in [1.807, 2.05) is 13.8 Å². The van der Waals surface area contributed by atoms with Crippen LogP contribution in [0.4, 0.5) is 8.78 Å².